The summed E-state index contributed by atoms with van der Waals surface area (Å²) in [6.45, 7) is 4.47. The molecule has 0 bridgehead atoms. The Morgan fingerprint density at radius 2 is 1.02 bits per heavy atom. The van der Waals surface area contributed by atoms with Gasteiger partial charge in [-0.25, -0.2) is 0 Å². The second-order valence-electron chi connectivity index (χ2n) is 12.5. The van der Waals surface area contributed by atoms with Gasteiger partial charge in [0.05, 0.1) is 17.9 Å². The van der Waals surface area contributed by atoms with Crippen LogP contribution in [0.5, 0.6) is 0 Å². The predicted molar refractivity (Wildman–Crippen MR) is 193 cm³/mol. The van der Waals surface area contributed by atoms with Crippen LogP contribution in [0, 0.1) is 0 Å². The van der Waals surface area contributed by atoms with E-state index in [1.54, 1.807) is 6.08 Å². The monoisotopic (exact) mass is 651 g/mol. The summed E-state index contributed by atoms with van der Waals surface area (Å²) in [5, 5.41) is 13.1. The number of allylic oxidation sites excluding steroid dienone is 7. The van der Waals surface area contributed by atoms with Gasteiger partial charge in [-0.15, -0.1) is 0 Å². The molecule has 1 amide bonds. The van der Waals surface area contributed by atoms with Crippen LogP contribution in [0.2, 0.25) is 0 Å². The quantitative estimate of drug-likeness (QED) is 0.0381. The van der Waals surface area contributed by atoms with Crippen molar-refractivity contribution in [3.05, 3.63) is 48.6 Å². The number of carbonyl (C=O) groups is 1. The Morgan fingerprint density at radius 1 is 0.600 bits per heavy atom. The molecule has 0 aromatic heterocycles. The first kappa shape index (κ1) is 43.3. The number of nitrogens with one attached hydrogen (secondary N) is 1. The number of aliphatic hydroxyl groups is 1. The Kier molecular flexibility index (Phi) is 31.0. The Balaban J connectivity index is 4.08. The zero-order valence-corrected chi connectivity index (χ0v) is 29.8. The van der Waals surface area contributed by atoms with Gasteiger partial charge in [-0.05, 0) is 64.2 Å². The highest BCUT2D eigenvalue weighted by atomic mass is 32.2. The molecule has 3 N–H and O–H groups in total. The molecule has 2 atom stereocenters. The van der Waals surface area contributed by atoms with Crippen LogP contribution in [-0.2, 0) is 14.9 Å². The second-order valence-corrected chi connectivity index (χ2v) is 14.0. The van der Waals surface area contributed by atoms with Crippen LogP contribution < -0.4 is 5.32 Å². The molecule has 0 rings (SSSR count). The lowest BCUT2D eigenvalue weighted by molar-refractivity contribution is -0.122. The van der Waals surface area contributed by atoms with Gasteiger partial charge in [0.2, 0.25) is 5.91 Å². The maximum atomic E-state index is 12.4. The molecular weight excluding hydrogens is 582 g/mol. The van der Waals surface area contributed by atoms with Crippen molar-refractivity contribution in [2.45, 2.75) is 180 Å². The second kappa shape index (κ2) is 32.2. The van der Waals surface area contributed by atoms with E-state index in [4.69, 9.17) is 0 Å². The summed E-state index contributed by atoms with van der Waals surface area (Å²) in [6.07, 6.45) is 42.3. The molecule has 7 heteroatoms. The fourth-order valence-electron chi connectivity index (χ4n) is 5.20. The van der Waals surface area contributed by atoms with E-state index in [1.807, 2.05) is 0 Å². The fourth-order valence-corrected chi connectivity index (χ4v) is 5.93. The molecule has 0 aromatic carbocycles. The van der Waals surface area contributed by atoms with E-state index >= 15 is 0 Å². The van der Waals surface area contributed by atoms with Gasteiger partial charge in [0, 0.05) is 6.42 Å². The molecule has 2 unspecified atom stereocenters. The zero-order valence-electron chi connectivity index (χ0n) is 29.0. The molecule has 0 aromatic rings. The minimum absolute atomic E-state index is 0.270. The normalized spacial score (nSPS) is 14.0. The third kappa shape index (κ3) is 33.5. The number of rotatable bonds is 32. The first-order valence-electron chi connectivity index (χ1n) is 18.3. The van der Waals surface area contributed by atoms with E-state index in [1.165, 1.54) is 89.5 Å². The van der Waals surface area contributed by atoms with E-state index in [0.717, 1.165) is 51.4 Å². The van der Waals surface area contributed by atoms with Crippen molar-refractivity contribution < 1.29 is 22.9 Å². The van der Waals surface area contributed by atoms with Crippen molar-refractivity contribution in [1.29, 1.82) is 0 Å². The van der Waals surface area contributed by atoms with E-state index in [9.17, 15) is 22.9 Å². The molecule has 262 valence electrons. The van der Waals surface area contributed by atoms with Gasteiger partial charge in [0.25, 0.3) is 10.1 Å². The van der Waals surface area contributed by atoms with Crippen LogP contribution >= 0.6 is 0 Å². The molecule has 0 aliphatic heterocycles. The third-order valence-corrected chi connectivity index (χ3v) is 8.76. The van der Waals surface area contributed by atoms with Crippen molar-refractivity contribution in [3.63, 3.8) is 0 Å². The van der Waals surface area contributed by atoms with Gasteiger partial charge in [-0.1, -0.05) is 146 Å². The van der Waals surface area contributed by atoms with Gasteiger partial charge < -0.3 is 10.4 Å². The highest BCUT2D eigenvalue weighted by molar-refractivity contribution is 7.85. The summed E-state index contributed by atoms with van der Waals surface area (Å²) >= 11 is 0. The van der Waals surface area contributed by atoms with Crippen LogP contribution in [0.1, 0.15) is 168 Å². The van der Waals surface area contributed by atoms with Crippen LogP contribution in [0.25, 0.3) is 0 Å². The van der Waals surface area contributed by atoms with E-state index < -0.39 is 28.0 Å². The summed E-state index contributed by atoms with van der Waals surface area (Å²) in [7, 11) is -4.35. The summed E-state index contributed by atoms with van der Waals surface area (Å²) < 4.78 is 32.3. The highest BCUT2D eigenvalue weighted by Gasteiger charge is 2.24. The molecule has 0 aliphatic rings. The lowest BCUT2D eigenvalue weighted by Crippen LogP contribution is -2.46. The van der Waals surface area contributed by atoms with Gasteiger partial charge in [0.1, 0.15) is 0 Å². The predicted octanol–water partition coefficient (Wildman–Crippen LogP) is 10.3. The highest BCUT2D eigenvalue weighted by Crippen LogP contribution is 2.12. The molecule has 0 spiro atoms. The smallest absolute Gasteiger partial charge is 0.267 e. The van der Waals surface area contributed by atoms with Crippen LogP contribution in [-0.4, -0.2) is 41.9 Å². The van der Waals surface area contributed by atoms with Gasteiger partial charge >= 0.3 is 0 Å². The number of amides is 1. The number of aliphatic hydroxyl groups excluding tert-OH is 1. The first-order valence-corrected chi connectivity index (χ1v) is 19.9. The van der Waals surface area contributed by atoms with Crippen molar-refractivity contribution in [2.75, 3.05) is 5.75 Å². The maximum Gasteiger partial charge on any atom is 0.267 e. The maximum absolute atomic E-state index is 12.4. The molecule has 45 heavy (non-hydrogen) atoms. The molecule has 0 heterocycles. The summed E-state index contributed by atoms with van der Waals surface area (Å²) in [6, 6.07) is -1.08. The molecule has 0 saturated heterocycles. The summed E-state index contributed by atoms with van der Waals surface area (Å²) in [5.41, 5.74) is 0. The van der Waals surface area contributed by atoms with Crippen LogP contribution in [0.15, 0.2) is 48.6 Å². The fraction of sp³-hybridized carbons (Fsp3) is 0.763. The van der Waals surface area contributed by atoms with Gasteiger partial charge in [-0.3, -0.25) is 9.35 Å². The Morgan fingerprint density at radius 3 is 1.58 bits per heavy atom. The largest absolute Gasteiger partial charge is 0.387 e. The van der Waals surface area contributed by atoms with E-state index in [-0.39, 0.29) is 12.3 Å². The summed E-state index contributed by atoms with van der Waals surface area (Å²) in [4.78, 5) is 12.4. The summed E-state index contributed by atoms with van der Waals surface area (Å²) in [5.74, 6) is -1.02. The van der Waals surface area contributed by atoms with Gasteiger partial charge in [-0.2, -0.15) is 8.42 Å². The number of hydrogen-bond acceptors (Lipinski definition) is 4. The first-order chi connectivity index (χ1) is 21.8. The topological polar surface area (TPSA) is 104 Å². The molecule has 0 radical (unpaired) electrons. The number of unbranched alkanes of at least 4 members (excludes halogenated alkanes) is 18. The Hall–Kier alpha value is -1.70. The molecule has 0 fully saturated rings. The standard InChI is InChI=1S/C38H69NO5S/c1-3-5-7-9-11-13-15-17-19-21-23-25-27-29-31-33-37(40)36(35-45(42,43)44)39-38(41)34-32-30-28-26-24-22-20-18-16-14-12-10-8-6-4-2/h12,14,18,20,23,25,31,33,36-37,40H,3-11,13,15-17,19,21-22,24,26-30,32,34-35H2,1-2H3,(H,39,41)(H,42,43,44)/b14-12-,20-18-,25-23+,33-31+. The zero-order chi connectivity index (χ0) is 33.3. The van der Waals surface area contributed by atoms with E-state index in [0.29, 0.717) is 12.8 Å². The number of hydrogen-bond donors (Lipinski definition) is 3. The average Bonchev–Trinajstić information content (AvgIpc) is 3.00. The lowest BCUT2D eigenvalue weighted by atomic mass is 10.1. The molecular formula is C38H69NO5S. The van der Waals surface area contributed by atoms with Crippen molar-refractivity contribution in [3.8, 4) is 0 Å². The Bertz CT molecular complexity index is 894. The molecule has 0 saturated carbocycles. The third-order valence-electron chi connectivity index (χ3n) is 7.98. The van der Waals surface area contributed by atoms with Crippen LogP contribution in [0.4, 0.5) is 0 Å². The minimum atomic E-state index is -4.35. The van der Waals surface area contributed by atoms with Crippen LogP contribution in [0.3, 0.4) is 0 Å². The van der Waals surface area contributed by atoms with Crippen molar-refractivity contribution >= 4 is 16.0 Å². The minimum Gasteiger partial charge on any atom is -0.387 e. The SMILES string of the molecule is CCCCC/C=C\C/C=C\CCCCCCCC(=O)NC(CS(=O)(=O)O)C(O)/C=C/CC/C=C/CCCCCCCCCCC. The Labute approximate surface area is 278 Å². The van der Waals surface area contributed by atoms with Gasteiger partial charge in [0.15, 0.2) is 0 Å². The van der Waals surface area contributed by atoms with Crippen molar-refractivity contribution in [1.82, 2.24) is 5.32 Å². The lowest BCUT2D eigenvalue weighted by Gasteiger charge is -2.21. The average molecular weight is 652 g/mol. The molecule has 6 nitrogen and oxygen atoms in total. The van der Waals surface area contributed by atoms with Crippen molar-refractivity contribution in [2.24, 2.45) is 0 Å². The van der Waals surface area contributed by atoms with E-state index in [2.05, 4.69) is 55.6 Å². The molecule has 0 aliphatic carbocycles. The number of carbonyl (C=O) groups excluding carboxylic acids is 1.